The Kier molecular flexibility index (Phi) is 8.05. The summed E-state index contributed by atoms with van der Waals surface area (Å²) < 4.78 is 86.4. The molecule has 0 amide bonds. The summed E-state index contributed by atoms with van der Waals surface area (Å²) in [6, 6.07) is 32.3. The van der Waals surface area contributed by atoms with Crippen molar-refractivity contribution < 1.29 is 35.8 Å². The summed E-state index contributed by atoms with van der Waals surface area (Å²) in [4.78, 5) is 0.827. The quantitative estimate of drug-likeness (QED) is 0.175. The molecule has 3 aliphatic heterocycles. The van der Waals surface area contributed by atoms with Gasteiger partial charge in [0.05, 0.1) is 27.9 Å². The largest absolute Gasteiger partial charge is 0.573 e. The zero-order valence-corrected chi connectivity index (χ0v) is 28.2. The number of hydrogen-bond acceptors (Lipinski definition) is 7. The molecule has 0 radical (unpaired) electrons. The maximum Gasteiger partial charge on any atom is 0.573 e. The van der Waals surface area contributed by atoms with Gasteiger partial charge in [-0.15, -0.1) is 13.2 Å². The van der Waals surface area contributed by atoms with Crippen LogP contribution < -0.4 is 14.8 Å². The molecule has 256 valence electrons. The molecule has 4 aromatic rings. The monoisotopic (exact) mass is 707 g/mol. The number of halogens is 3. The Bertz CT molecular complexity index is 1930. The Morgan fingerprint density at radius 3 is 2.18 bits per heavy atom. The number of sulfone groups is 1. The van der Waals surface area contributed by atoms with Gasteiger partial charge >= 0.3 is 6.36 Å². The van der Waals surface area contributed by atoms with Crippen LogP contribution in [0.4, 0.5) is 13.2 Å². The van der Waals surface area contributed by atoms with Crippen molar-refractivity contribution in [3.05, 3.63) is 120 Å². The number of ether oxygens (including phenoxy) is 3. The van der Waals surface area contributed by atoms with E-state index in [0.29, 0.717) is 41.9 Å². The first kappa shape index (κ1) is 32.7. The maximum atomic E-state index is 14.1. The van der Waals surface area contributed by atoms with Gasteiger partial charge in [0.1, 0.15) is 11.5 Å². The standard InChI is InChI=1S/C38H36F3NO5S2/c39-38(40,41)46-28-16-17-33(47-36(20-21-36)48-29-12-6-2-7-13-29)31(22-28)26-23-35(45-25-26)19-18-32-34(49(43,44)30-14-8-3-9-15-30)24-37(35,42-32)27-10-4-1-5-11-27/h1-17,22,26,32,34,42H,18-21,23-25H2/t26-,32+,34-,35-,37-/m1/s1. The Hall–Kier alpha value is -3.51. The van der Waals surface area contributed by atoms with E-state index in [1.165, 1.54) is 12.1 Å². The molecule has 3 heterocycles. The Morgan fingerprint density at radius 2 is 1.51 bits per heavy atom. The van der Waals surface area contributed by atoms with Gasteiger partial charge in [0.15, 0.2) is 14.8 Å². The molecule has 4 aromatic carbocycles. The van der Waals surface area contributed by atoms with Crippen LogP contribution in [0.2, 0.25) is 0 Å². The van der Waals surface area contributed by atoms with E-state index in [0.717, 1.165) is 23.3 Å². The highest BCUT2D eigenvalue weighted by molar-refractivity contribution is 8.00. The lowest BCUT2D eigenvalue weighted by Crippen LogP contribution is -2.62. The summed E-state index contributed by atoms with van der Waals surface area (Å²) in [7, 11) is -3.68. The van der Waals surface area contributed by atoms with Crippen LogP contribution in [0.1, 0.15) is 55.6 Å². The van der Waals surface area contributed by atoms with Crippen LogP contribution in [0.25, 0.3) is 0 Å². The van der Waals surface area contributed by atoms with Crippen LogP contribution in [0.5, 0.6) is 11.5 Å². The minimum absolute atomic E-state index is 0.238. The van der Waals surface area contributed by atoms with Gasteiger partial charge in [-0.3, -0.25) is 0 Å². The van der Waals surface area contributed by atoms with Crippen molar-refractivity contribution in [2.45, 2.75) is 88.0 Å². The highest BCUT2D eigenvalue weighted by atomic mass is 32.2. The van der Waals surface area contributed by atoms with E-state index in [1.54, 1.807) is 48.2 Å². The first-order valence-electron chi connectivity index (χ1n) is 16.6. The molecule has 0 aromatic heterocycles. The SMILES string of the molecule is O=S(=O)(c1ccccc1)[C@@H]1C[C@]2(c3ccccc3)N[C@H]1CC[C@@]21C[C@@H](c2cc(OC(F)(F)F)ccc2OC2(Sc3ccccc3)CC2)CO1. The smallest absolute Gasteiger partial charge is 0.476 e. The number of piperidine rings is 1. The Balaban J connectivity index is 1.15. The third kappa shape index (κ3) is 6.02. The molecule has 8 rings (SSSR count). The number of rotatable bonds is 9. The second-order valence-corrected chi connectivity index (χ2v) is 17.1. The van der Waals surface area contributed by atoms with Crippen LogP contribution in [-0.4, -0.2) is 43.2 Å². The van der Waals surface area contributed by atoms with E-state index in [9.17, 15) is 21.6 Å². The summed E-state index contributed by atoms with van der Waals surface area (Å²) in [5.74, 6) is -0.133. The zero-order valence-electron chi connectivity index (χ0n) is 26.6. The predicted molar refractivity (Wildman–Crippen MR) is 180 cm³/mol. The van der Waals surface area contributed by atoms with Crippen LogP contribution in [0, 0.1) is 0 Å². The molecule has 1 spiro atoms. The van der Waals surface area contributed by atoms with E-state index in [4.69, 9.17) is 9.47 Å². The van der Waals surface area contributed by atoms with Gasteiger partial charge in [0.25, 0.3) is 0 Å². The number of benzene rings is 4. The molecule has 49 heavy (non-hydrogen) atoms. The van der Waals surface area contributed by atoms with Gasteiger partial charge in [-0.25, -0.2) is 8.42 Å². The first-order chi connectivity index (χ1) is 23.5. The fourth-order valence-electron chi connectivity index (χ4n) is 8.20. The van der Waals surface area contributed by atoms with Gasteiger partial charge in [-0.05, 0) is 73.7 Å². The lowest BCUT2D eigenvalue weighted by atomic mass is 9.67. The maximum absolute atomic E-state index is 14.1. The molecule has 11 heteroatoms. The fraction of sp³-hybridized carbons (Fsp3) is 0.368. The van der Waals surface area contributed by atoms with Crippen molar-refractivity contribution in [3.8, 4) is 11.5 Å². The van der Waals surface area contributed by atoms with Crippen molar-refractivity contribution in [1.29, 1.82) is 0 Å². The van der Waals surface area contributed by atoms with Gasteiger partial charge < -0.3 is 19.5 Å². The van der Waals surface area contributed by atoms with E-state index in [-0.39, 0.29) is 24.3 Å². The molecule has 2 bridgehead atoms. The average molecular weight is 708 g/mol. The highest BCUT2D eigenvalue weighted by Crippen LogP contribution is 2.60. The van der Waals surface area contributed by atoms with Crippen molar-refractivity contribution in [3.63, 3.8) is 0 Å². The number of fused-ring (bicyclic) bond motifs is 3. The van der Waals surface area contributed by atoms with Crippen LogP contribution in [-0.2, 0) is 20.1 Å². The van der Waals surface area contributed by atoms with Crippen molar-refractivity contribution >= 4 is 21.6 Å². The third-order valence-corrected chi connectivity index (χ3v) is 14.1. The summed E-state index contributed by atoms with van der Waals surface area (Å²) >= 11 is 1.61. The number of nitrogens with one attached hydrogen (secondary N) is 1. The van der Waals surface area contributed by atoms with Gasteiger partial charge in [-0.1, -0.05) is 78.5 Å². The molecule has 4 fully saturated rings. The molecule has 0 unspecified atom stereocenters. The highest BCUT2D eigenvalue weighted by Gasteiger charge is 2.66. The van der Waals surface area contributed by atoms with Crippen LogP contribution in [0.3, 0.4) is 0 Å². The minimum atomic E-state index is -4.85. The molecule has 1 saturated carbocycles. The van der Waals surface area contributed by atoms with Crippen molar-refractivity contribution in [2.24, 2.45) is 0 Å². The number of thioether (sulfide) groups is 1. The zero-order chi connectivity index (χ0) is 33.9. The molecular formula is C38H36F3NO5S2. The summed E-state index contributed by atoms with van der Waals surface area (Å²) in [5, 5.41) is 3.09. The number of alkyl halides is 3. The Labute approximate surface area is 288 Å². The minimum Gasteiger partial charge on any atom is -0.476 e. The second kappa shape index (κ2) is 12.1. The third-order valence-electron chi connectivity index (χ3n) is 10.6. The van der Waals surface area contributed by atoms with E-state index in [2.05, 4.69) is 10.1 Å². The van der Waals surface area contributed by atoms with E-state index >= 15 is 0 Å². The lowest BCUT2D eigenvalue weighted by Gasteiger charge is -2.50. The molecule has 4 aliphatic rings. The predicted octanol–water partition coefficient (Wildman–Crippen LogP) is 8.38. The first-order valence-corrected chi connectivity index (χ1v) is 19.0. The van der Waals surface area contributed by atoms with Crippen molar-refractivity contribution in [2.75, 3.05) is 6.61 Å². The van der Waals surface area contributed by atoms with Crippen molar-refractivity contribution in [1.82, 2.24) is 5.32 Å². The van der Waals surface area contributed by atoms with Gasteiger partial charge in [-0.2, -0.15) is 0 Å². The van der Waals surface area contributed by atoms with Gasteiger partial charge in [0.2, 0.25) is 0 Å². The summed E-state index contributed by atoms with van der Waals surface area (Å²) in [5.41, 5.74) is -0.117. The fourth-order valence-corrected chi connectivity index (χ4v) is 11.4. The molecule has 6 nitrogen and oxygen atoms in total. The van der Waals surface area contributed by atoms with E-state index < -0.39 is 37.5 Å². The average Bonchev–Trinajstić information content (AvgIpc) is 3.55. The molecular weight excluding hydrogens is 672 g/mol. The summed E-state index contributed by atoms with van der Waals surface area (Å²) in [6.45, 7) is 0.238. The normalized spacial score (nSPS) is 28.8. The summed E-state index contributed by atoms with van der Waals surface area (Å²) in [6.07, 6.45) is -1.30. The van der Waals surface area contributed by atoms with Gasteiger partial charge in [0, 0.05) is 35.3 Å². The number of hydrogen-bond donors (Lipinski definition) is 1. The van der Waals surface area contributed by atoms with Crippen LogP contribution in [0.15, 0.2) is 119 Å². The van der Waals surface area contributed by atoms with E-state index in [1.807, 2.05) is 60.7 Å². The van der Waals surface area contributed by atoms with Crippen LogP contribution >= 0.6 is 11.8 Å². The molecule has 5 atom stereocenters. The topological polar surface area (TPSA) is 73.9 Å². The Morgan fingerprint density at radius 1 is 0.837 bits per heavy atom. The second-order valence-electron chi connectivity index (χ2n) is 13.5. The molecule has 1 aliphatic carbocycles. The molecule has 3 saturated heterocycles. The lowest BCUT2D eigenvalue weighted by molar-refractivity contribution is -0.274. The molecule has 1 N–H and O–H groups in total.